The molecule has 134 valence electrons. The van der Waals surface area contributed by atoms with E-state index in [2.05, 4.69) is 21.8 Å². The molecule has 3 rings (SSSR count). The van der Waals surface area contributed by atoms with Crippen LogP contribution in [0, 0.1) is 6.92 Å². The zero-order valence-electron chi connectivity index (χ0n) is 14.8. The van der Waals surface area contributed by atoms with Gasteiger partial charge in [0.25, 0.3) is 5.56 Å². The number of nitrogens with zero attached hydrogens (tertiary/aromatic N) is 2. The number of ether oxygens (including phenoxy) is 2. The molecule has 0 amide bonds. The minimum atomic E-state index is -0.0740. The van der Waals surface area contributed by atoms with Crippen molar-refractivity contribution >= 4 is 0 Å². The lowest BCUT2D eigenvalue weighted by atomic mass is 10.1. The SMILES string of the molecule is Cc1cc(=O)[nH]c([C@@H](C)N2CCC(OC[C@H]3CCCCO3)CC2)n1. The van der Waals surface area contributed by atoms with Crippen LogP contribution in [0.2, 0.25) is 0 Å². The first-order valence-corrected chi connectivity index (χ1v) is 9.17. The molecule has 3 heterocycles. The van der Waals surface area contributed by atoms with Crippen LogP contribution in [0.3, 0.4) is 0 Å². The normalized spacial score (nSPS) is 24.8. The van der Waals surface area contributed by atoms with Gasteiger partial charge >= 0.3 is 0 Å². The standard InChI is InChI=1S/C18H29N3O3/c1-13-11-17(22)20-18(19-13)14(2)21-8-6-15(7-9-21)24-12-16-5-3-4-10-23-16/h11,14-16H,3-10,12H2,1-2H3,(H,19,20,22)/t14-,16-/m1/s1. The van der Waals surface area contributed by atoms with E-state index in [1.807, 2.05) is 6.92 Å². The van der Waals surface area contributed by atoms with Gasteiger partial charge in [0.2, 0.25) is 0 Å². The van der Waals surface area contributed by atoms with Crippen molar-refractivity contribution in [2.75, 3.05) is 26.3 Å². The van der Waals surface area contributed by atoms with Crippen molar-refractivity contribution in [1.82, 2.24) is 14.9 Å². The van der Waals surface area contributed by atoms with E-state index in [4.69, 9.17) is 9.47 Å². The van der Waals surface area contributed by atoms with E-state index < -0.39 is 0 Å². The Kier molecular flexibility index (Phi) is 6.03. The predicted molar refractivity (Wildman–Crippen MR) is 92.1 cm³/mol. The van der Waals surface area contributed by atoms with E-state index in [1.54, 1.807) is 0 Å². The fraction of sp³-hybridized carbons (Fsp3) is 0.778. The first-order chi connectivity index (χ1) is 11.6. The van der Waals surface area contributed by atoms with E-state index in [9.17, 15) is 4.79 Å². The maximum atomic E-state index is 11.6. The number of aryl methyl sites for hydroxylation is 1. The Balaban J connectivity index is 1.46. The van der Waals surface area contributed by atoms with Crippen molar-refractivity contribution in [1.29, 1.82) is 0 Å². The summed E-state index contributed by atoms with van der Waals surface area (Å²) in [7, 11) is 0. The summed E-state index contributed by atoms with van der Waals surface area (Å²) in [4.78, 5) is 21.4. The van der Waals surface area contributed by atoms with Crippen molar-refractivity contribution < 1.29 is 9.47 Å². The fourth-order valence-corrected chi connectivity index (χ4v) is 3.59. The molecular weight excluding hydrogens is 306 g/mol. The third kappa shape index (κ3) is 4.65. The lowest BCUT2D eigenvalue weighted by Gasteiger charge is -2.36. The molecule has 0 aliphatic carbocycles. The molecule has 1 aromatic heterocycles. The first-order valence-electron chi connectivity index (χ1n) is 9.17. The van der Waals surface area contributed by atoms with Gasteiger partial charge in [-0.05, 0) is 46.0 Å². The van der Waals surface area contributed by atoms with Crippen molar-refractivity contribution in [3.63, 3.8) is 0 Å². The molecule has 24 heavy (non-hydrogen) atoms. The molecule has 2 fully saturated rings. The number of hydrogen-bond donors (Lipinski definition) is 1. The molecule has 6 heteroatoms. The molecule has 0 radical (unpaired) electrons. The van der Waals surface area contributed by atoms with Crippen LogP contribution in [-0.4, -0.2) is 53.4 Å². The molecule has 1 N–H and O–H groups in total. The largest absolute Gasteiger partial charge is 0.376 e. The summed E-state index contributed by atoms with van der Waals surface area (Å²) >= 11 is 0. The Morgan fingerprint density at radius 2 is 2.17 bits per heavy atom. The molecule has 6 nitrogen and oxygen atoms in total. The summed E-state index contributed by atoms with van der Waals surface area (Å²) < 4.78 is 11.8. The first kappa shape index (κ1) is 17.6. The Hall–Kier alpha value is -1.24. The molecule has 2 saturated heterocycles. The van der Waals surface area contributed by atoms with Crippen LogP contribution in [0.4, 0.5) is 0 Å². The Labute approximate surface area is 143 Å². The van der Waals surface area contributed by atoms with Crippen LogP contribution < -0.4 is 5.56 Å². The Morgan fingerprint density at radius 1 is 1.38 bits per heavy atom. The van der Waals surface area contributed by atoms with E-state index in [1.165, 1.54) is 18.9 Å². The third-order valence-electron chi connectivity index (χ3n) is 5.10. The number of nitrogens with one attached hydrogen (secondary N) is 1. The van der Waals surface area contributed by atoms with Crippen LogP contribution in [0.1, 0.15) is 56.6 Å². The van der Waals surface area contributed by atoms with Gasteiger partial charge in [-0.15, -0.1) is 0 Å². The maximum Gasteiger partial charge on any atom is 0.251 e. The second-order valence-corrected chi connectivity index (χ2v) is 7.01. The number of hydrogen-bond acceptors (Lipinski definition) is 5. The topological polar surface area (TPSA) is 67.5 Å². The minimum Gasteiger partial charge on any atom is -0.376 e. The maximum absolute atomic E-state index is 11.6. The van der Waals surface area contributed by atoms with E-state index in [-0.39, 0.29) is 17.7 Å². The van der Waals surface area contributed by atoms with E-state index in [0.717, 1.165) is 57.1 Å². The summed E-state index contributed by atoms with van der Waals surface area (Å²) in [6, 6.07) is 1.66. The van der Waals surface area contributed by atoms with Crippen LogP contribution in [0.25, 0.3) is 0 Å². The molecule has 0 saturated carbocycles. The number of piperidine rings is 1. The van der Waals surface area contributed by atoms with Gasteiger partial charge in [-0.1, -0.05) is 0 Å². The number of aromatic amines is 1. The summed E-state index contributed by atoms with van der Waals surface area (Å²) in [6.07, 6.45) is 6.22. The van der Waals surface area contributed by atoms with Gasteiger partial charge in [0.1, 0.15) is 5.82 Å². The molecule has 2 aliphatic heterocycles. The van der Waals surface area contributed by atoms with Gasteiger partial charge in [0.05, 0.1) is 24.9 Å². The molecule has 0 spiro atoms. The van der Waals surface area contributed by atoms with Gasteiger partial charge in [-0.2, -0.15) is 0 Å². The zero-order valence-corrected chi connectivity index (χ0v) is 14.8. The average Bonchev–Trinajstić information content (AvgIpc) is 2.60. The van der Waals surface area contributed by atoms with E-state index >= 15 is 0 Å². The van der Waals surface area contributed by atoms with E-state index in [0.29, 0.717) is 6.10 Å². The second kappa shape index (κ2) is 8.23. The van der Waals surface area contributed by atoms with Gasteiger partial charge in [0, 0.05) is 31.5 Å². The molecular formula is C18H29N3O3. The highest BCUT2D eigenvalue weighted by atomic mass is 16.5. The summed E-state index contributed by atoms with van der Waals surface area (Å²) in [5, 5.41) is 0. The quantitative estimate of drug-likeness (QED) is 0.893. The summed E-state index contributed by atoms with van der Waals surface area (Å²) in [5.74, 6) is 0.759. The minimum absolute atomic E-state index is 0.0740. The summed E-state index contributed by atoms with van der Waals surface area (Å²) in [5.41, 5.74) is 0.696. The molecule has 0 aromatic carbocycles. The highest BCUT2D eigenvalue weighted by Gasteiger charge is 2.26. The predicted octanol–water partition coefficient (Wildman–Crippen LogP) is 2.19. The molecule has 2 atom stereocenters. The molecule has 0 unspecified atom stereocenters. The summed E-state index contributed by atoms with van der Waals surface area (Å²) in [6.45, 7) is 7.51. The van der Waals surface area contributed by atoms with Crippen molar-refractivity contribution in [3.8, 4) is 0 Å². The van der Waals surface area contributed by atoms with Crippen LogP contribution in [0.5, 0.6) is 0 Å². The fourth-order valence-electron chi connectivity index (χ4n) is 3.59. The van der Waals surface area contributed by atoms with Crippen molar-refractivity contribution in [2.24, 2.45) is 0 Å². The Bertz CT molecular complexity index is 575. The number of aromatic nitrogens is 2. The van der Waals surface area contributed by atoms with Crippen LogP contribution in [-0.2, 0) is 9.47 Å². The van der Waals surface area contributed by atoms with Crippen molar-refractivity contribution in [3.05, 3.63) is 27.9 Å². The van der Waals surface area contributed by atoms with Crippen LogP contribution in [0.15, 0.2) is 10.9 Å². The second-order valence-electron chi connectivity index (χ2n) is 7.01. The molecule has 0 bridgehead atoms. The van der Waals surface area contributed by atoms with Crippen molar-refractivity contribution in [2.45, 2.75) is 64.2 Å². The number of rotatable bonds is 5. The molecule has 1 aromatic rings. The average molecular weight is 335 g/mol. The van der Waals surface area contributed by atoms with Gasteiger partial charge < -0.3 is 14.5 Å². The van der Waals surface area contributed by atoms with Gasteiger partial charge in [-0.25, -0.2) is 4.98 Å². The molecule has 2 aliphatic rings. The van der Waals surface area contributed by atoms with Crippen LogP contribution >= 0.6 is 0 Å². The van der Waals surface area contributed by atoms with Gasteiger partial charge in [0.15, 0.2) is 0 Å². The monoisotopic (exact) mass is 335 g/mol. The lowest BCUT2D eigenvalue weighted by Crippen LogP contribution is -2.40. The number of H-pyrrole nitrogens is 1. The zero-order chi connectivity index (χ0) is 16.9. The van der Waals surface area contributed by atoms with Gasteiger partial charge in [-0.3, -0.25) is 9.69 Å². The highest BCUT2D eigenvalue weighted by Crippen LogP contribution is 2.23. The third-order valence-corrected chi connectivity index (χ3v) is 5.10. The smallest absolute Gasteiger partial charge is 0.251 e. The lowest BCUT2D eigenvalue weighted by molar-refractivity contribution is -0.0770. The number of likely N-dealkylation sites (tertiary alicyclic amines) is 1. The Morgan fingerprint density at radius 3 is 2.83 bits per heavy atom. The highest BCUT2D eigenvalue weighted by molar-refractivity contribution is 5.03.